The van der Waals surface area contributed by atoms with Crippen LogP contribution in [-0.4, -0.2) is 25.2 Å². The van der Waals surface area contributed by atoms with E-state index in [9.17, 15) is 9.59 Å². The van der Waals surface area contributed by atoms with E-state index in [0.29, 0.717) is 30.1 Å². The molecule has 1 aliphatic heterocycles. The van der Waals surface area contributed by atoms with E-state index in [-0.39, 0.29) is 12.0 Å². The number of cyclic esters (lactones) is 1. The Labute approximate surface area is 155 Å². The summed E-state index contributed by atoms with van der Waals surface area (Å²) in [5.41, 5.74) is 1.92. The molecule has 2 aromatic carbocycles. The molecule has 2 aromatic rings. The second kappa shape index (κ2) is 6.88. The Bertz CT molecular complexity index is 782. The summed E-state index contributed by atoms with van der Waals surface area (Å²) in [7, 11) is 0. The molecule has 23 heavy (non-hydrogen) atoms. The lowest BCUT2D eigenvalue weighted by Gasteiger charge is -2.14. The maximum atomic E-state index is 12.4. The minimum atomic E-state index is -0.366. The molecule has 1 N–H and O–H groups in total. The van der Waals surface area contributed by atoms with Crippen LogP contribution in [0, 0.1) is 3.57 Å². The average Bonchev–Trinajstić information content (AvgIpc) is 2.96. The molecule has 5 nitrogen and oxygen atoms in total. The van der Waals surface area contributed by atoms with Gasteiger partial charge in [0.2, 0.25) is 0 Å². The minimum absolute atomic E-state index is 0.197. The predicted molar refractivity (Wildman–Crippen MR) is 99.9 cm³/mol. The summed E-state index contributed by atoms with van der Waals surface area (Å²) in [6.45, 7) is 0.894. The van der Waals surface area contributed by atoms with Crippen molar-refractivity contribution >= 4 is 61.9 Å². The molecular formula is C16H12BrIN2O3. The van der Waals surface area contributed by atoms with E-state index < -0.39 is 0 Å². The van der Waals surface area contributed by atoms with Crippen molar-refractivity contribution in [2.75, 3.05) is 23.4 Å². The molecule has 1 fully saturated rings. The monoisotopic (exact) mass is 486 g/mol. The molecule has 7 heteroatoms. The third-order valence-electron chi connectivity index (χ3n) is 3.35. The Morgan fingerprint density at radius 2 is 2.09 bits per heavy atom. The Morgan fingerprint density at radius 1 is 1.26 bits per heavy atom. The van der Waals surface area contributed by atoms with E-state index in [4.69, 9.17) is 4.74 Å². The molecule has 0 saturated carbocycles. The first kappa shape index (κ1) is 16.3. The summed E-state index contributed by atoms with van der Waals surface area (Å²) in [6.07, 6.45) is -0.366. The molecule has 0 bridgehead atoms. The molecule has 1 aliphatic rings. The highest BCUT2D eigenvalue weighted by atomic mass is 127. The van der Waals surface area contributed by atoms with Crippen LogP contribution in [0.1, 0.15) is 10.4 Å². The number of hydrogen-bond donors (Lipinski definition) is 1. The van der Waals surface area contributed by atoms with Gasteiger partial charge in [0, 0.05) is 19.4 Å². The first-order chi connectivity index (χ1) is 11.0. The molecule has 0 unspecified atom stereocenters. The van der Waals surface area contributed by atoms with Gasteiger partial charge in [-0.15, -0.1) is 0 Å². The Balaban J connectivity index is 1.81. The van der Waals surface area contributed by atoms with Crippen LogP contribution < -0.4 is 10.2 Å². The van der Waals surface area contributed by atoms with Crippen molar-refractivity contribution in [1.29, 1.82) is 0 Å². The van der Waals surface area contributed by atoms with Crippen molar-refractivity contribution in [2.45, 2.75) is 0 Å². The van der Waals surface area contributed by atoms with Gasteiger partial charge in [0.15, 0.2) is 0 Å². The number of halogens is 2. The van der Waals surface area contributed by atoms with Crippen molar-refractivity contribution in [3.05, 3.63) is 56.1 Å². The first-order valence-electron chi connectivity index (χ1n) is 6.85. The number of carbonyl (C=O) groups is 2. The van der Waals surface area contributed by atoms with Crippen molar-refractivity contribution < 1.29 is 14.3 Å². The highest BCUT2D eigenvalue weighted by molar-refractivity contribution is 14.1. The second-order valence-corrected chi connectivity index (χ2v) is 6.97. The van der Waals surface area contributed by atoms with Gasteiger partial charge in [0.05, 0.1) is 12.1 Å². The minimum Gasteiger partial charge on any atom is -0.447 e. The number of anilines is 2. The Kier molecular flexibility index (Phi) is 4.86. The lowest BCUT2D eigenvalue weighted by Crippen LogP contribution is -2.23. The van der Waals surface area contributed by atoms with Gasteiger partial charge in [-0.25, -0.2) is 4.79 Å². The van der Waals surface area contributed by atoms with Gasteiger partial charge in [-0.3, -0.25) is 9.69 Å². The van der Waals surface area contributed by atoms with Crippen LogP contribution in [-0.2, 0) is 4.74 Å². The fourth-order valence-corrected chi connectivity index (χ4v) is 3.19. The SMILES string of the molecule is O=C(Nc1cccc(N2CCOC2=O)c1)c1cc(Br)ccc1I. The maximum Gasteiger partial charge on any atom is 0.414 e. The van der Waals surface area contributed by atoms with Gasteiger partial charge in [0.25, 0.3) is 5.91 Å². The number of benzene rings is 2. The zero-order chi connectivity index (χ0) is 16.4. The molecule has 2 amide bonds. The summed E-state index contributed by atoms with van der Waals surface area (Å²) in [6, 6.07) is 12.7. The maximum absolute atomic E-state index is 12.4. The van der Waals surface area contributed by atoms with Gasteiger partial charge in [-0.05, 0) is 59.0 Å². The van der Waals surface area contributed by atoms with Crippen LogP contribution in [0.25, 0.3) is 0 Å². The normalized spacial score (nSPS) is 13.8. The average molecular weight is 487 g/mol. The van der Waals surface area contributed by atoms with Crippen molar-refractivity contribution in [3.8, 4) is 0 Å². The highest BCUT2D eigenvalue weighted by Crippen LogP contribution is 2.24. The van der Waals surface area contributed by atoms with Gasteiger partial charge >= 0.3 is 6.09 Å². The standard InChI is InChI=1S/C16H12BrIN2O3/c17-10-4-5-14(18)13(8-10)15(21)19-11-2-1-3-12(9-11)20-6-7-23-16(20)22/h1-5,8-9H,6-7H2,(H,19,21). The van der Waals surface area contributed by atoms with Crippen LogP contribution in [0.5, 0.6) is 0 Å². The number of carbonyl (C=O) groups excluding carboxylic acids is 2. The molecule has 0 spiro atoms. The zero-order valence-electron chi connectivity index (χ0n) is 11.9. The number of ether oxygens (including phenoxy) is 1. The molecule has 0 aliphatic carbocycles. The number of amides is 2. The molecule has 1 heterocycles. The summed E-state index contributed by atoms with van der Waals surface area (Å²) in [4.78, 5) is 25.6. The lowest BCUT2D eigenvalue weighted by molar-refractivity contribution is 0.102. The van der Waals surface area contributed by atoms with Crippen LogP contribution in [0.2, 0.25) is 0 Å². The highest BCUT2D eigenvalue weighted by Gasteiger charge is 2.23. The largest absolute Gasteiger partial charge is 0.447 e. The van der Waals surface area contributed by atoms with E-state index in [1.54, 1.807) is 29.2 Å². The third-order valence-corrected chi connectivity index (χ3v) is 4.78. The van der Waals surface area contributed by atoms with Crippen LogP contribution in [0.4, 0.5) is 16.2 Å². The van der Waals surface area contributed by atoms with E-state index >= 15 is 0 Å². The number of nitrogens with one attached hydrogen (secondary N) is 1. The second-order valence-electron chi connectivity index (χ2n) is 4.89. The van der Waals surface area contributed by atoms with Crippen LogP contribution in [0.3, 0.4) is 0 Å². The van der Waals surface area contributed by atoms with Crippen molar-refractivity contribution in [3.63, 3.8) is 0 Å². The van der Waals surface area contributed by atoms with E-state index in [1.807, 2.05) is 18.2 Å². The summed E-state index contributed by atoms with van der Waals surface area (Å²) in [5, 5.41) is 2.86. The van der Waals surface area contributed by atoms with Crippen molar-refractivity contribution in [2.24, 2.45) is 0 Å². The zero-order valence-corrected chi connectivity index (χ0v) is 15.6. The van der Waals surface area contributed by atoms with Crippen molar-refractivity contribution in [1.82, 2.24) is 0 Å². The van der Waals surface area contributed by atoms with Gasteiger partial charge in [-0.1, -0.05) is 22.0 Å². The van der Waals surface area contributed by atoms with E-state index in [1.165, 1.54) is 0 Å². The lowest BCUT2D eigenvalue weighted by atomic mass is 10.2. The number of nitrogens with zero attached hydrogens (tertiary/aromatic N) is 1. The van der Waals surface area contributed by atoms with Crippen LogP contribution >= 0.6 is 38.5 Å². The predicted octanol–water partition coefficient (Wildman–Crippen LogP) is 4.26. The molecule has 0 radical (unpaired) electrons. The fraction of sp³-hybridized carbons (Fsp3) is 0.125. The number of rotatable bonds is 3. The van der Waals surface area contributed by atoms with Crippen LogP contribution in [0.15, 0.2) is 46.9 Å². The van der Waals surface area contributed by atoms with E-state index in [2.05, 4.69) is 43.8 Å². The van der Waals surface area contributed by atoms with Gasteiger partial charge in [-0.2, -0.15) is 0 Å². The summed E-state index contributed by atoms with van der Waals surface area (Å²) >= 11 is 5.50. The molecule has 1 saturated heterocycles. The molecule has 3 rings (SSSR count). The topological polar surface area (TPSA) is 58.6 Å². The Hall–Kier alpha value is -1.61. The molecule has 118 valence electrons. The first-order valence-corrected chi connectivity index (χ1v) is 8.72. The summed E-state index contributed by atoms with van der Waals surface area (Å²) < 4.78 is 6.64. The van der Waals surface area contributed by atoms with Gasteiger partial charge < -0.3 is 10.1 Å². The quantitative estimate of drug-likeness (QED) is 0.659. The van der Waals surface area contributed by atoms with E-state index in [0.717, 1.165) is 8.04 Å². The Morgan fingerprint density at radius 3 is 2.83 bits per heavy atom. The molecule has 0 atom stereocenters. The smallest absolute Gasteiger partial charge is 0.414 e. The summed E-state index contributed by atoms with van der Waals surface area (Å²) in [5.74, 6) is -0.197. The van der Waals surface area contributed by atoms with Gasteiger partial charge in [0.1, 0.15) is 6.61 Å². The molecular weight excluding hydrogens is 475 g/mol. The number of hydrogen-bond acceptors (Lipinski definition) is 3. The third kappa shape index (κ3) is 3.66. The fourth-order valence-electron chi connectivity index (χ4n) is 2.25. The molecule has 0 aromatic heterocycles.